The van der Waals surface area contributed by atoms with E-state index in [2.05, 4.69) is 10.3 Å². The van der Waals surface area contributed by atoms with Crippen molar-refractivity contribution in [1.82, 2.24) is 4.98 Å². The molecule has 146 valence electrons. The maximum atomic E-state index is 12.6. The molecular formula is C23H20N2O3S. The normalized spacial score (nSPS) is 11.0. The molecule has 1 amide bonds. The van der Waals surface area contributed by atoms with E-state index in [4.69, 9.17) is 4.42 Å². The summed E-state index contributed by atoms with van der Waals surface area (Å²) in [5.74, 6) is 0.254. The van der Waals surface area contributed by atoms with Crippen molar-refractivity contribution >= 4 is 33.3 Å². The third-order valence-corrected chi connectivity index (χ3v) is 5.83. The van der Waals surface area contributed by atoms with Crippen LogP contribution in [0.2, 0.25) is 0 Å². The van der Waals surface area contributed by atoms with E-state index in [1.807, 2.05) is 39.8 Å². The lowest BCUT2D eigenvalue weighted by Crippen LogP contribution is -2.11. The van der Waals surface area contributed by atoms with Crippen LogP contribution in [-0.2, 0) is 0 Å². The van der Waals surface area contributed by atoms with E-state index >= 15 is 0 Å². The third-order valence-electron chi connectivity index (χ3n) is 4.84. The van der Waals surface area contributed by atoms with Crippen LogP contribution < -0.4 is 10.7 Å². The van der Waals surface area contributed by atoms with Crippen LogP contribution in [0, 0.1) is 27.7 Å². The molecule has 29 heavy (non-hydrogen) atoms. The Labute approximate surface area is 172 Å². The largest absolute Gasteiger partial charge is 0.456 e. The molecule has 0 aliphatic carbocycles. The molecule has 5 nitrogen and oxygen atoms in total. The molecular weight excluding hydrogens is 384 g/mol. The zero-order valence-corrected chi connectivity index (χ0v) is 17.4. The van der Waals surface area contributed by atoms with Crippen molar-refractivity contribution in [1.29, 1.82) is 0 Å². The molecule has 2 aromatic heterocycles. The van der Waals surface area contributed by atoms with Gasteiger partial charge >= 0.3 is 0 Å². The second-order valence-corrected chi connectivity index (χ2v) is 8.33. The number of hydrogen-bond donors (Lipinski definition) is 1. The standard InChI is InChI=1S/C23H20N2O3S/c1-12-9-13(2)21-18(10-12)19(26)11-20(28-21)16-5-7-17(8-6-16)22(27)25-23-24-14(3)15(4)29-23/h5-11H,1-4H3,(H,24,25,27). The molecule has 0 atom stereocenters. The Morgan fingerprint density at radius 2 is 1.76 bits per heavy atom. The van der Waals surface area contributed by atoms with Crippen molar-refractivity contribution in [2.45, 2.75) is 27.7 Å². The molecule has 2 aromatic carbocycles. The van der Waals surface area contributed by atoms with Crippen molar-refractivity contribution in [2.75, 3.05) is 5.32 Å². The zero-order chi connectivity index (χ0) is 20.7. The maximum absolute atomic E-state index is 12.6. The van der Waals surface area contributed by atoms with Crippen LogP contribution >= 0.6 is 11.3 Å². The average Bonchev–Trinajstić information content (AvgIpc) is 2.99. The first-order valence-corrected chi connectivity index (χ1v) is 10.0. The lowest BCUT2D eigenvalue weighted by atomic mass is 10.1. The van der Waals surface area contributed by atoms with Gasteiger partial charge in [0, 0.05) is 22.1 Å². The molecule has 0 saturated carbocycles. The van der Waals surface area contributed by atoms with Crippen molar-refractivity contribution < 1.29 is 9.21 Å². The van der Waals surface area contributed by atoms with Crippen LogP contribution in [0.1, 0.15) is 32.1 Å². The lowest BCUT2D eigenvalue weighted by Gasteiger charge is -2.07. The first kappa shape index (κ1) is 19.1. The molecule has 0 aliphatic heterocycles. The summed E-state index contributed by atoms with van der Waals surface area (Å²) in [4.78, 5) is 30.4. The van der Waals surface area contributed by atoms with Crippen LogP contribution in [0.5, 0.6) is 0 Å². The first-order chi connectivity index (χ1) is 13.8. The van der Waals surface area contributed by atoms with E-state index in [0.717, 1.165) is 27.3 Å². The van der Waals surface area contributed by atoms with Crippen LogP contribution in [0.4, 0.5) is 5.13 Å². The van der Waals surface area contributed by atoms with Gasteiger partial charge in [0.15, 0.2) is 10.6 Å². The van der Waals surface area contributed by atoms with Crippen LogP contribution in [0.15, 0.2) is 51.7 Å². The van der Waals surface area contributed by atoms with Crippen molar-refractivity contribution in [3.63, 3.8) is 0 Å². The molecule has 4 aromatic rings. The van der Waals surface area contributed by atoms with E-state index in [1.54, 1.807) is 24.3 Å². The fraction of sp³-hybridized carbons (Fsp3) is 0.174. The zero-order valence-electron chi connectivity index (χ0n) is 16.6. The number of aryl methyl sites for hydroxylation is 4. The highest BCUT2D eigenvalue weighted by atomic mass is 32.1. The first-order valence-electron chi connectivity index (χ1n) is 9.23. The summed E-state index contributed by atoms with van der Waals surface area (Å²) in [5, 5.41) is 3.98. The second-order valence-electron chi connectivity index (χ2n) is 7.13. The number of amides is 1. The fourth-order valence-electron chi connectivity index (χ4n) is 3.23. The number of carbonyl (C=O) groups is 1. The summed E-state index contributed by atoms with van der Waals surface area (Å²) >= 11 is 1.45. The monoisotopic (exact) mass is 404 g/mol. The Bertz CT molecular complexity index is 1280. The number of aromatic nitrogens is 1. The second kappa shape index (κ2) is 7.29. The van der Waals surface area contributed by atoms with Gasteiger partial charge in [-0.3, -0.25) is 14.9 Å². The summed E-state index contributed by atoms with van der Waals surface area (Å²) in [7, 11) is 0. The highest BCUT2D eigenvalue weighted by Crippen LogP contribution is 2.26. The number of thiazole rings is 1. The van der Waals surface area contributed by atoms with Gasteiger partial charge in [0.1, 0.15) is 11.3 Å². The highest BCUT2D eigenvalue weighted by Gasteiger charge is 2.13. The van der Waals surface area contributed by atoms with Gasteiger partial charge in [0.05, 0.1) is 11.1 Å². The van der Waals surface area contributed by atoms with Gasteiger partial charge in [-0.25, -0.2) is 4.98 Å². The SMILES string of the molecule is Cc1cc(C)c2oc(-c3ccc(C(=O)Nc4nc(C)c(C)s4)cc3)cc(=O)c2c1. The smallest absolute Gasteiger partial charge is 0.257 e. The van der Waals surface area contributed by atoms with Gasteiger partial charge in [0.2, 0.25) is 0 Å². The summed E-state index contributed by atoms with van der Waals surface area (Å²) < 4.78 is 6.02. The highest BCUT2D eigenvalue weighted by molar-refractivity contribution is 7.15. The minimum Gasteiger partial charge on any atom is -0.456 e. The number of carbonyl (C=O) groups excluding carboxylic acids is 1. The predicted molar refractivity (Wildman–Crippen MR) is 117 cm³/mol. The molecule has 6 heteroatoms. The molecule has 4 rings (SSSR count). The van der Waals surface area contributed by atoms with E-state index in [9.17, 15) is 9.59 Å². The molecule has 0 radical (unpaired) electrons. The Kier molecular flexibility index (Phi) is 4.80. The Hall–Kier alpha value is -3.25. The third kappa shape index (κ3) is 3.71. The maximum Gasteiger partial charge on any atom is 0.257 e. The van der Waals surface area contributed by atoms with Gasteiger partial charge in [0.25, 0.3) is 5.91 Å². The average molecular weight is 404 g/mol. The summed E-state index contributed by atoms with van der Waals surface area (Å²) in [6, 6.07) is 12.3. The number of nitrogens with one attached hydrogen (secondary N) is 1. The molecule has 0 saturated heterocycles. The number of nitrogens with zero attached hydrogens (tertiary/aromatic N) is 1. The molecule has 0 fully saturated rings. The summed E-state index contributed by atoms with van der Waals surface area (Å²) in [6.45, 7) is 7.77. The number of anilines is 1. The van der Waals surface area contributed by atoms with Gasteiger partial charge in [-0.1, -0.05) is 18.2 Å². The van der Waals surface area contributed by atoms with Gasteiger partial charge in [-0.2, -0.15) is 0 Å². The van der Waals surface area contributed by atoms with Gasteiger partial charge in [-0.15, -0.1) is 11.3 Å². The molecule has 2 heterocycles. The molecule has 0 spiro atoms. The predicted octanol–water partition coefficient (Wildman–Crippen LogP) is 5.40. The minimum absolute atomic E-state index is 0.0793. The van der Waals surface area contributed by atoms with E-state index < -0.39 is 0 Å². The van der Waals surface area contributed by atoms with E-state index in [0.29, 0.717) is 27.4 Å². The molecule has 0 unspecified atom stereocenters. The Morgan fingerprint density at radius 3 is 2.41 bits per heavy atom. The van der Waals surface area contributed by atoms with E-state index in [-0.39, 0.29) is 11.3 Å². The van der Waals surface area contributed by atoms with Gasteiger partial charge in [-0.05, 0) is 57.0 Å². The number of benzene rings is 2. The minimum atomic E-state index is -0.225. The van der Waals surface area contributed by atoms with Gasteiger partial charge < -0.3 is 4.42 Å². The molecule has 1 N–H and O–H groups in total. The van der Waals surface area contributed by atoms with Crippen LogP contribution in [0.3, 0.4) is 0 Å². The lowest BCUT2D eigenvalue weighted by molar-refractivity contribution is 0.102. The Balaban J connectivity index is 1.64. The number of rotatable bonds is 3. The number of fused-ring (bicyclic) bond motifs is 1. The van der Waals surface area contributed by atoms with Crippen molar-refractivity contribution in [3.05, 3.63) is 79.9 Å². The van der Waals surface area contributed by atoms with Crippen molar-refractivity contribution in [3.8, 4) is 11.3 Å². The van der Waals surface area contributed by atoms with Crippen LogP contribution in [-0.4, -0.2) is 10.9 Å². The topological polar surface area (TPSA) is 72.2 Å². The van der Waals surface area contributed by atoms with E-state index in [1.165, 1.54) is 17.4 Å². The summed E-state index contributed by atoms with van der Waals surface area (Å²) in [5.41, 5.74) is 4.62. The Morgan fingerprint density at radius 1 is 1.03 bits per heavy atom. The summed E-state index contributed by atoms with van der Waals surface area (Å²) in [6.07, 6.45) is 0. The van der Waals surface area contributed by atoms with Crippen LogP contribution in [0.25, 0.3) is 22.3 Å². The fourth-order valence-corrected chi connectivity index (χ4v) is 4.04. The molecule has 0 bridgehead atoms. The number of hydrogen-bond acceptors (Lipinski definition) is 5. The molecule has 0 aliphatic rings. The van der Waals surface area contributed by atoms with Crippen molar-refractivity contribution in [2.24, 2.45) is 0 Å². The quantitative estimate of drug-likeness (QED) is 0.496.